The van der Waals surface area contributed by atoms with Crippen LogP contribution < -0.4 is 4.74 Å². The van der Waals surface area contributed by atoms with Crippen LogP contribution in [0.15, 0.2) is 60.9 Å². The second-order valence-corrected chi connectivity index (χ2v) is 10.3. The first-order valence-electron chi connectivity index (χ1n) is 13.1. The Morgan fingerprint density at radius 1 is 1.05 bits per heavy atom. The van der Waals surface area contributed by atoms with Crippen LogP contribution in [0.25, 0.3) is 16.8 Å². The third-order valence-electron chi connectivity index (χ3n) is 7.89. The van der Waals surface area contributed by atoms with E-state index in [1.54, 1.807) is 10.9 Å². The van der Waals surface area contributed by atoms with E-state index in [1.807, 2.05) is 24.3 Å². The number of carboxylic acids is 1. The molecule has 6 rings (SSSR count). The van der Waals surface area contributed by atoms with Gasteiger partial charge in [-0.05, 0) is 67.5 Å². The standard InChI is InChI=1S/C29H31N5O3/c1-18(19-7-3-2-4-8-19)37-23-12-6-10-21(14-23)20-9-5-11-22(13-20)34-28(26(16-31-34)29(35)36)25-15-24(25)27-17-30-33-32-27/h5-6,9-14,16-19,24-25H,2-4,7-8,15H2,1H3,(H,35,36)(H,30,32,33)/t18-,24+,25+/m0/s1. The van der Waals surface area contributed by atoms with E-state index in [0.29, 0.717) is 11.6 Å². The molecule has 8 nitrogen and oxygen atoms in total. The van der Waals surface area contributed by atoms with Gasteiger partial charge >= 0.3 is 5.97 Å². The van der Waals surface area contributed by atoms with Gasteiger partial charge in [-0.25, -0.2) is 9.48 Å². The second kappa shape index (κ2) is 9.84. The van der Waals surface area contributed by atoms with Gasteiger partial charge in [0, 0.05) is 11.8 Å². The number of carbonyl (C=O) groups is 1. The van der Waals surface area contributed by atoms with Crippen molar-refractivity contribution in [2.75, 3.05) is 0 Å². The number of carboxylic acid groups (broad SMARTS) is 1. The Kier molecular flexibility index (Phi) is 6.24. The van der Waals surface area contributed by atoms with E-state index in [4.69, 9.17) is 4.74 Å². The van der Waals surface area contributed by atoms with Crippen molar-refractivity contribution >= 4 is 5.97 Å². The van der Waals surface area contributed by atoms with Crippen molar-refractivity contribution in [2.24, 2.45) is 5.92 Å². The summed E-state index contributed by atoms with van der Waals surface area (Å²) in [5.41, 5.74) is 4.68. The number of ether oxygens (including phenoxy) is 1. The molecule has 3 atom stereocenters. The lowest BCUT2D eigenvalue weighted by atomic mass is 9.86. The van der Waals surface area contributed by atoms with Gasteiger partial charge in [0.2, 0.25) is 0 Å². The van der Waals surface area contributed by atoms with Gasteiger partial charge in [0.25, 0.3) is 0 Å². The molecule has 2 heterocycles. The summed E-state index contributed by atoms with van der Waals surface area (Å²) in [5.74, 6) is 0.684. The van der Waals surface area contributed by atoms with Crippen LogP contribution in [-0.2, 0) is 0 Å². The third kappa shape index (κ3) is 4.75. The highest BCUT2D eigenvalue weighted by atomic mass is 16.5. The second-order valence-electron chi connectivity index (χ2n) is 10.3. The van der Waals surface area contributed by atoms with E-state index >= 15 is 0 Å². The molecule has 2 saturated carbocycles. The molecular weight excluding hydrogens is 466 g/mol. The molecule has 190 valence electrons. The number of aromatic nitrogens is 5. The molecule has 0 bridgehead atoms. The van der Waals surface area contributed by atoms with Gasteiger partial charge in [-0.2, -0.15) is 20.5 Å². The number of nitrogens with zero attached hydrogens (tertiary/aromatic N) is 4. The lowest BCUT2D eigenvalue weighted by molar-refractivity contribution is 0.0695. The quantitative estimate of drug-likeness (QED) is 0.310. The Balaban J connectivity index is 1.28. The molecule has 2 N–H and O–H groups in total. The van der Waals surface area contributed by atoms with E-state index < -0.39 is 5.97 Å². The zero-order valence-corrected chi connectivity index (χ0v) is 20.9. The first-order chi connectivity index (χ1) is 18.1. The minimum atomic E-state index is -0.972. The molecule has 0 saturated heterocycles. The Morgan fingerprint density at radius 2 is 1.84 bits per heavy atom. The first-order valence-corrected chi connectivity index (χ1v) is 13.1. The zero-order valence-electron chi connectivity index (χ0n) is 20.9. The van der Waals surface area contributed by atoms with E-state index in [0.717, 1.165) is 34.7 Å². The van der Waals surface area contributed by atoms with E-state index in [9.17, 15) is 9.90 Å². The predicted molar refractivity (Wildman–Crippen MR) is 139 cm³/mol. The van der Waals surface area contributed by atoms with Crippen LogP contribution in [0.1, 0.15) is 79.0 Å². The van der Waals surface area contributed by atoms with Gasteiger partial charge in [0.15, 0.2) is 0 Å². The van der Waals surface area contributed by atoms with Gasteiger partial charge in [-0.3, -0.25) is 0 Å². The smallest absolute Gasteiger partial charge is 0.339 e. The molecular formula is C29H31N5O3. The van der Waals surface area contributed by atoms with Gasteiger partial charge in [-0.1, -0.05) is 43.5 Å². The maximum absolute atomic E-state index is 12.0. The van der Waals surface area contributed by atoms with Crippen LogP contribution in [0, 0.1) is 5.92 Å². The number of hydrogen-bond acceptors (Lipinski definition) is 5. The van der Waals surface area contributed by atoms with E-state index in [2.05, 4.69) is 51.7 Å². The summed E-state index contributed by atoms with van der Waals surface area (Å²) >= 11 is 0. The minimum absolute atomic E-state index is 0.0281. The van der Waals surface area contributed by atoms with Crippen LogP contribution in [0.5, 0.6) is 5.75 Å². The average molecular weight is 498 g/mol. The van der Waals surface area contributed by atoms with E-state index in [-0.39, 0.29) is 23.5 Å². The van der Waals surface area contributed by atoms with Gasteiger partial charge < -0.3 is 9.84 Å². The highest BCUT2D eigenvalue weighted by Crippen LogP contribution is 2.55. The molecule has 8 heteroatoms. The molecule has 0 amide bonds. The van der Waals surface area contributed by atoms with Crippen molar-refractivity contribution in [2.45, 2.75) is 63.4 Å². The Labute approximate surface area is 215 Å². The summed E-state index contributed by atoms with van der Waals surface area (Å²) < 4.78 is 8.14. The van der Waals surface area contributed by atoms with Crippen molar-refractivity contribution in [1.82, 2.24) is 25.2 Å². The molecule has 0 aliphatic heterocycles. The number of H-pyrrole nitrogens is 1. The van der Waals surface area contributed by atoms with Crippen molar-refractivity contribution in [3.63, 3.8) is 0 Å². The SMILES string of the molecule is C[C@H](Oc1cccc(-c2cccc(-n3ncc(C(=O)O)c3[C@@H]3C[C@H]3c3cn[nH]n3)c2)c1)C1CCCCC1. The topological polar surface area (TPSA) is 106 Å². The van der Waals surface area contributed by atoms with Gasteiger partial charge in [-0.15, -0.1) is 0 Å². The van der Waals surface area contributed by atoms with Gasteiger partial charge in [0.1, 0.15) is 11.3 Å². The third-order valence-corrected chi connectivity index (χ3v) is 7.89. The van der Waals surface area contributed by atoms with Crippen LogP contribution >= 0.6 is 0 Å². The lowest BCUT2D eigenvalue weighted by Crippen LogP contribution is -2.25. The average Bonchev–Trinajstić information content (AvgIpc) is 3.30. The Hall–Kier alpha value is -3.94. The molecule has 37 heavy (non-hydrogen) atoms. The fourth-order valence-electron chi connectivity index (χ4n) is 5.78. The molecule has 4 aromatic rings. The highest BCUT2D eigenvalue weighted by Gasteiger charge is 2.45. The van der Waals surface area contributed by atoms with E-state index in [1.165, 1.54) is 38.3 Å². The summed E-state index contributed by atoms with van der Waals surface area (Å²) in [4.78, 5) is 12.0. The van der Waals surface area contributed by atoms with Crippen molar-refractivity contribution in [3.8, 4) is 22.6 Å². The van der Waals surface area contributed by atoms with Gasteiger partial charge in [0.05, 0.1) is 35.6 Å². The van der Waals surface area contributed by atoms with Crippen molar-refractivity contribution in [1.29, 1.82) is 0 Å². The fourth-order valence-corrected chi connectivity index (χ4v) is 5.78. The number of aromatic carboxylic acids is 1. The number of rotatable bonds is 8. The lowest BCUT2D eigenvalue weighted by Gasteiger charge is -2.28. The Bertz CT molecular complexity index is 1390. The van der Waals surface area contributed by atoms with Crippen LogP contribution in [0.4, 0.5) is 0 Å². The Morgan fingerprint density at radius 3 is 2.59 bits per heavy atom. The molecule has 2 aliphatic rings. The fraction of sp³-hybridized carbons (Fsp3) is 0.379. The minimum Gasteiger partial charge on any atom is -0.490 e. The van der Waals surface area contributed by atoms with Crippen LogP contribution in [0.2, 0.25) is 0 Å². The first kappa shape index (κ1) is 23.5. The number of nitrogens with one attached hydrogen (secondary N) is 1. The monoisotopic (exact) mass is 497 g/mol. The molecule has 0 radical (unpaired) electrons. The number of benzene rings is 2. The molecule has 2 fully saturated rings. The summed E-state index contributed by atoms with van der Waals surface area (Å²) in [6.07, 6.45) is 10.6. The van der Waals surface area contributed by atoms with Crippen molar-refractivity contribution < 1.29 is 14.6 Å². The predicted octanol–water partition coefficient (Wildman–Crippen LogP) is 5.97. The summed E-state index contributed by atoms with van der Waals surface area (Å²) in [6, 6.07) is 16.3. The summed E-state index contributed by atoms with van der Waals surface area (Å²) in [6.45, 7) is 2.19. The highest BCUT2D eigenvalue weighted by molar-refractivity contribution is 5.89. The molecule has 2 aromatic carbocycles. The molecule has 2 aliphatic carbocycles. The largest absolute Gasteiger partial charge is 0.490 e. The summed E-state index contributed by atoms with van der Waals surface area (Å²) in [5, 5.41) is 25.1. The normalized spacial score (nSPS) is 20.5. The number of hydrogen-bond donors (Lipinski definition) is 2. The summed E-state index contributed by atoms with van der Waals surface area (Å²) in [7, 11) is 0. The van der Waals surface area contributed by atoms with Crippen LogP contribution in [-0.4, -0.2) is 42.4 Å². The molecule has 0 spiro atoms. The molecule has 2 aromatic heterocycles. The molecule has 0 unspecified atom stereocenters. The zero-order chi connectivity index (χ0) is 25.4. The van der Waals surface area contributed by atoms with Crippen molar-refractivity contribution in [3.05, 3.63) is 77.9 Å². The van der Waals surface area contributed by atoms with Crippen LogP contribution in [0.3, 0.4) is 0 Å². The maximum atomic E-state index is 12.0. The number of aromatic amines is 1. The maximum Gasteiger partial charge on any atom is 0.339 e.